The average Bonchev–Trinajstić information content (AvgIpc) is 3.05. The first kappa shape index (κ1) is 16.7. The van der Waals surface area contributed by atoms with E-state index in [1.165, 1.54) is 0 Å². The van der Waals surface area contributed by atoms with Crippen molar-refractivity contribution >= 4 is 11.6 Å². The van der Waals surface area contributed by atoms with Crippen LogP contribution in [0.1, 0.15) is 42.9 Å². The van der Waals surface area contributed by atoms with Crippen LogP contribution in [0.5, 0.6) is 0 Å². The van der Waals surface area contributed by atoms with Crippen molar-refractivity contribution in [2.45, 2.75) is 32.9 Å². The molecule has 0 aliphatic heterocycles. The predicted octanol–water partition coefficient (Wildman–Crippen LogP) is 5.11. The number of hydrogen-bond acceptors (Lipinski definition) is 4. The monoisotopic (exact) mass is 341 g/mol. The van der Waals surface area contributed by atoms with Crippen molar-refractivity contribution < 1.29 is 4.42 Å². The molecule has 0 aliphatic rings. The van der Waals surface area contributed by atoms with Crippen molar-refractivity contribution in [3.8, 4) is 11.5 Å². The molecule has 2 atom stereocenters. The van der Waals surface area contributed by atoms with Crippen LogP contribution >= 0.6 is 11.6 Å². The molecule has 124 valence electrons. The van der Waals surface area contributed by atoms with Crippen molar-refractivity contribution in [3.63, 3.8) is 0 Å². The van der Waals surface area contributed by atoms with E-state index in [1.807, 2.05) is 62.4 Å². The van der Waals surface area contributed by atoms with E-state index in [9.17, 15) is 0 Å². The highest BCUT2D eigenvalue weighted by Gasteiger charge is 2.18. The van der Waals surface area contributed by atoms with Gasteiger partial charge in [0.1, 0.15) is 0 Å². The van der Waals surface area contributed by atoms with E-state index < -0.39 is 0 Å². The zero-order valence-electron chi connectivity index (χ0n) is 14.0. The molecule has 0 saturated carbocycles. The van der Waals surface area contributed by atoms with E-state index in [-0.39, 0.29) is 12.1 Å². The van der Waals surface area contributed by atoms with Gasteiger partial charge in [0.2, 0.25) is 11.8 Å². The zero-order chi connectivity index (χ0) is 17.1. The number of aromatic nitrogens is 2. The number of rotatable bonds is 5. The van der Waals surface area contributed by atoms with E-state index in [4.69, 9.17) is 16.0 Å². The smallest absolute Gasteiger partial charge is 0.247 e. The van der Waals surface area contributed by atoms with Crippen LogP contribution in [0.4, 0.5) is 0 Å². The normalized spacial score (nSPS) is 13.7. The molecule has 0 aliphatic carbocycles. The van der Waals surface area contributed by atoms with Gasteiger partial charge in [0.05, 0.1) is 6.04 Å². The first-order valence-corrected chi connectivity index (χ1v) is 8.33. The van der Waals surface area contributed by atoms with Crippen LogP contribution in [0.25, 0.3) is 11.5 Å². The molecule has 0 saturated heterocycles. The second-order valence-corrected chi connectivity index (χ2v) is 6.35. The van der Waals surface area contributed by atoms with E-state index in [0.717, 1.165) is 21.7 Å². The summed E-state index contributed by atoms with van der Waals surface area (Å²) in [4.78, 5) is 0. The Hall–Kier alpha value is -2.17. The molecule has 0 spiro atoms. The Morgan fingerprint density at radius 3 is 2.54 bits per heavy atom. The number of nitrogens with one attached hydrogen (secondary N) is 1. The van der Waals surface area contributed by atoms with Gasteiger partial charge in [-0.15, -0.1) is 10.2 Å². The molecule has 24 heavy (non-hydrogen) atoms. The van der Waals surface area contributed by atoms with Gasteiger partial charge < -0.3 is 4.42 Å². The minimum Gasteiger partial charge on any atom is -0.419 e. The minimum atomic E-state index is -0.0812. The average molecular weight is 342 g/mol. The molecule has 0 radical (unpaired) electrons. The van der Waals surface area contributed by atoms with E-state index >= 15 is 0 Å². The highest BCUT2D eigenvalue weighted by molar-refractivity contribution is 6.31. The van der Waals surface area contributed by atoms with E-state index in [0.29, 0.717) is 11.8 Å². The lowest BCUT2D eigenvalue weighted by molar-refractivity contribution is 0.395. The Balaban J connectivity index is 1.74. The van der Waals surface area contributed by atoms with E-state index in [2.05, 4.69) is 22.4 Å². The van der Waals surface area contributed by atoms with Crippen LogP contribution in [-0.4, -0.2) is 10.2 Å². The Bertz CT molecular complexity index is 831. The Labute approximate surface area is 146 Å². The maximum absolute atomic E-state index is 6.26. The van der Waals surface area contributed by atoms with Crippen molar-refractivity contribution in [1.29, 1.82) is 0 Å². The number of halogens is 1. The number of aryl methyl sites for hydroxylation is 1. The Morgan fingerprint density at radius 1 is 1.00 bits per heavy atom. The molecule has 3 aromatic rings. The number of nitrogens with zero attached hydrogens (tertiary/aromatic N) is 2. The predicted molar refractivity (Wildman–Crippen MR) is 95.9 cm³/mol. The van der Waals surface area contributed by atoms with Crippen LogP contribution < -0.4 is 5.32 Å². The van der Waals surface area contributed by atoms with Crippen LogP contribution in [0.3, 0.4) is 0 Å². The van der Waals surface area contributed by atoms with Gasteiger partial charge in [-0.3, -0.25) is 5.32 Å². The maximum atomic E-state index is 6.26. The second-order valence-electron chi connectivity index (χ2n) is 5.95. The van der Waals surface area contributed by atoms with Crippen molar-refractivity contribution in [2.75, 3.05) is 0 Å². The van der Waals surface area contributed by atoms with Crippen LogP contribution in [-0.2, 0) is 0 Å². The summed E-state index contributed by atoms with van der Waals surface area (Å²) in [5, 5.41) is 12.5. The summed E-state index contributed by atoms with van der Waals surface area (Å²) in [6, 6.07) is 15.8. The number of hydrogen-bond donors (Lipinski definition) is 1. The second kappa shape index (κ2) is 7.16. The largest absolute Gasteiger partial charge is 0.419 e. The Kier molecular flexibility index (Phi) is 4.97. The summed E-state index contributed by atoms with van der Waals surface area (Å²) >= 11 is 6.26. The van der Waals surface area contributed by atoms with Gasteiger partial charge in [0.15, 0.2) is 0 Å². The SMILES string of the molecule is Cc1cccc(-c2nnc([C@@H](C)N[C@@H](C)c3ccccc3Cl)o2)c1. The van der Waals surface area contributed by atoms with Crippen molar-refractivity contribution in [2.24, 2.45) is 0 Å². The molecule has 1 N–H and O–H groups in total. The third-order valence-electron chi connectivity index (χ3n) is 3.95. The van der Waals surface area contributed by atoms with Gasteiger partial charge in [-0.1, -0.05) is 47.5 Å². The molecule has 2 aromatic carbocycles. The van der Waals surface area contributed by atoms with Gasteiger partial charge in [-0.25, -0.2) is 0 Å². The highest BCUT2D eigenvalue weighted by atomic mass is 35.5. The zero-order valence-corrected chi connectivity index (χ0v) is 14.7. The molecule has 3 rings (SSSR count). The van der Waals surface area contributed by atoms with Crippen LogP contribution in [0.15, 0.2) is 52.9 Å². The summed E-state index contributed by atoms with van der Waals surface area (Å²) in [5.41, 5.74) is 3.13. The first-order chi connectivity index (χ1) is 11.5. The lowest BCUT2D eigenvalue weighted by Gasteiger charge is -2.18. The lowest BCUT2D eigenvalue weighted by atomic mass is 10.1. The third kappa shape index (κ3) is 3.66. The van der Waals surface area contributed by atoms with Crippen LogP contribution in [0.2, 0.25) is 5.02 Å². The van der Waals surface area contributed by atoms with Gasteiger partial charge in [-0.05, 0) is 44.5 Å². The minimum absolute atomic E-state index is 0.0722. The fourth-order valence-corrected chi connectivity index (χ4v) is 2.97. The van der Waals surface area contributed by atoms with Crippen molar-refractivity contribution in [3.05, 3.63) is 70.6 Å². The molecule has 0 fully saturated rings. The molecule has 0 amide bonds. The molecular weight excluding hydrogens is 322 g/mol. The standard InChI is InChI=1S/C19H20ClN3O/c1-12-7-6-8-15(11-12)19-23-22-18(24-19)14(3)21-13(2)16-9-4-5-10-17(16)20/h4-11,13-14,21H,1-3H3/t13-,14+/m0/s1. The molecule has 1 heterocycles. The number of benzene rings is 2. The summed E-state index contributed by atoms with van der Waals surface area (Å²) < 4.78 is 5.84. The molecule has 0 unspecified atom stereocenters. The summed E-state index contributed by atoms with van der Waals surface area (Å²) in [7, 11) is 0. The van der Waals surface area contributed by atoms with Gasteiger partial charge in [0, 0.05) is 16.6 Å². The fourth-order valence-electron chi connectivity index (χ4n) is 2.67. The quantitative estimate of drug-likeness (QED) is 0.700. The molecule has 4 nitrogen and oxygen atoms in total. The van der Waals surface area contributed by atoms with Gasteiger partial charge >= 0.3 is 0 Å². The first-order valence-electron chi connectivity index (χ1n) is 7.95. The fraction of sp³-hybridized carbons (Fsp3) is 0.263. The van der Waals surface area contributed by atoms with E-state index in [1.54, 1.807) is 0 Å². The topological polar surface area (TPSA) is 51.0 Å². The van der Waals surface area contributed by atoms with Crippen molar-refractivity contribution in [1.82, 2.24) is 15.5 Å². The molecule has 1 aromatic heterocycles. The summed E-state index contributed by atoms with van der Waals surface area (Å²) in [6.07, 6.45) is 0. The molecule has 5 heteroatoms. The van der Waals surface area contributed by atoms with Crippen LogP contribution in [0, 0.1) is 6.92 Å². The Morgan fingerprint density at radius 2 is 1.79 bits per heavy atom. The van der Waals surface area contributed by atoms with Gasteiger partial charge in [0.25, 0.3) is 0 Å². The molecular formula is C19H20ClN3O. The summed E-state index contributed by atoms with van der Waals surface area (Å²) in [5.74, 6) is 1.10. The maximum Gasteiger partial charge on any atom is 0.247 e. The highest BCUT2D eigenvalue weighted by Crippen LogP contribution is 2.26. The third-order valence-corrected chi connectivity index (χ3v) is 4.29. The lowest BCUT2D eigenvalue weighted by Crippen LogP contribution is -2.23. The van der Waals surface area contributed by atoms with Gasteiger partial charge in [-0.2, -0.15) is 0 Å². The summed E-state index contributed by atoms with van der Waals surface area (Å²) in [6.45, 7) is 6.10. The molecule has 0 bridgehead atoms.